The number of aromatic nitrogens is 1. The molecule has 6 nitrogen and oxygen atoms in total. The van der Waals surface area contributed by atoms with Crippen LogP contribution in [0.1, 0.15) is 81.3 Å². The van der Waals surface area contributed by atoms with Crippen LogP contribution in [0.5, 0.6) is 11.5 Å². The van der Waals surface area contributed by atoms with Crippen LogP contribution in [-0.2, 0) is 36.9 Å². The highest BCUT2D eigenvalue weighted by Gasteiger charge is 2.16. The highest BCUT2D eigenvalue weighted by atomic mass is 16.5. The van der Waals surface area contributed by atoms with Crippen molar-refractivity contribution in [2.24, 2.45) is 0 Å². The number of hydrogen-bond donors (Lipinski definition) is 1. The smallest absolute Gasteiger partial charge is 0.307 e. The van der Waals surface area contributed by atoms with Crippen LogP contribution in [0.3, 0.4) is 0 Å². The molecule has 0 bridgehead atoms. The summed E-state index contributed by atoms with van der Waals surface area (Å²) >= 11 is 0. The lowest BCUT2D eigenvalue weighted by molar-refractivity contribution is -0.136. The van der Waals surface area contributed by atoms with Gasteiger partial charge in [-0.25, -0.2) is 0 Å². The molecule has 35 heavy (non-hydrogen) atoms. The summed E-state index contributed by atoms with van der Waals surface area (Å²) < 4.78 is 18.1. The second kappa shape index (κ2) is 13.2. The number of nitrogens with zero attached hydrogens (tertiary/aromatic N) is 1. The van der Waals surface area contributed by atoms with Gasteiger partial charge in [-0.05, 0) is 54.5 Å². The maximum atomic E-state index is 11.3. The number of fused-ring (bicyclic) bond motifs is 1. The molecule has 0 fully saturated rings. The summed E-state index contributed by atoms with van der Waals surface area (Å²) in [5.41, 5.74) is 5.96. The SMILES string of the molecule is CCCc1cc(CC(=O)O)cc(CCC)c1OCCCOc1ccc2c(CC)noc2c1CCC. The van der Waals surface area contributed by atoms with Gasteiger partial charge >= 0.3 is 5.97 Å². The predicted octanol–water partition coefficient (Wildman–Crippen LogP) is 6.72. The van der Waals surface area contributed by atoms with Crippen molar-refractivity contribution in [3.8, 4) is 11.5 Å². The molecule has 0 aliphatic heterocycles. The molecule has 0 unspecified atom stereocenters. The molecule has 0 aliphatic rings. The van der Waals surface area contributed by atoms with Crippen molar-refractivity contribution in [1.29, 1.82) is 0 Å². The minimum Gasteiger partial charge on any atom is -0.493 e. The third kappa shape index (κ3) is 6.77. The molecule has 0 saturated carbocycles. The van der Waals surface area contributed by atoms with Crippen molar-refractivity contribution in [2.45, 2.75) is 85.5 Å². The van der Waals surface area contributed by atoms with Crippen LogP contribution in [0.15, 0.2) is 28.8 Å². The topological polar surface area (TPSA) is 81.8 Å². The van der Waals surface area contributed by atoms with Crippen LogP contribution in [0.2, 0.25) is 0 Å². The van der Waals surface area contributed by atoms with Crippen molar-refractivity contribution in [3.05, 3.63) is 52.2 Å². The summed E-state index contributed by atoms with van der Waals surface area (Å²) in [7, 11) is 0. The van der Waals surface area contributed by atoms with E-state index in [-0.39, 0.29) is 6.42 Å². The van der Waals surface area contributed by atoms with Gasteiger partial charge in [-0.2, -0.15) is 0 Å². The van der Waals surface area contributed by atoms with Crippen LogP contribution in [0, 0.1) is 0 Å². The summed E-state index contributed by atoms with van der Waals surface area (Å²) in [6, 6.07) is 8.07. The molecule has 0 spiro atoms. The fraction of sp³-hybridized carbons (Fsp3) is 0.517. The minimum atomic E-state index is -0.808. The van der Waals surface area contributed by atoms with E-state index in [9.17, 15) is 9.90 Å². The molecule has 1 N–H and O–H groups in total. The van der Waals surface area contributed by atoms with Crippen LogP contribution >= 0.6 is 0 Å². The predicted molar refractivity (Wildman–Crippen MR) is 139 cm³/mol. The Kier molecular flexibility index (Phi) is 10.0. The van der Waals surface area contributed by atoms with E-state index in [0.717, 1.165) is 102 Å². The summed E-state index contributed by atoms with van der Waals surface area (Å²) in [4.78, 5) is 11.3. The summed E-state index contributed by atoms with van der Waals surface area (Å²) in [6.07, 6.45) is 7.19. The third-order valence-electron chi connectivity index (χ3n) is 6.10. The lowest BCUT2D eigenvalue weighted by Crippen LogP contribution is -2.10. The number of rotatable bonds is 15. The Morgan fingerprint density at radius 3 is 2.20 bits per heavy atom. The lowest BCUT2D eigenvalue weighted by Gasteiger charge is -2.18. The summed E-state index contributed by atoms with van der Waals surface area (Å²) in [5, 5.41) is 14.5. The van der Waals surface area contributed by atoms with Crippen LogP contribution in [-0.4, -0.2) is 29.4 Å². The van der Waals surface area contributed by atoms with Gasteiger partial charge in [0.1, 0.15) is 11.5 Å². The molecule has 6 heteroatoms. The Morgan fingerprint density at radius 1 is 0.943 bits per heavy atom. The van der Waals surface area contributed by atoms with E-state index in [4.69, 9.17) is 14.0 Å². The van der Waals surface area contributed by atoms with E-state index >= 15 is 0 Å². The number of benzene rings is 2. The minimum absolute atomic E-state index is 0.0386. The zero-order valence-corrected chi connectivity index (χ0v) is 21.6. The van der Waals surface area contributed by atoms with Crippen molar-refractivity contribution in [2.75, 3.05) is 13.2 Å². The van der Waals surface area contributed by atoms with Crippen LogP contribution in [0.4, 0.5) is 0 Å². The van der Waals surface area contributed by atoms with Gasteiger partial charge in [-0.1, -0.05) is 64.2 Å². The molecule has 2 aromatic carbocycles. The maximum Gasteiger partial charge on any atom is 0.307 e. The molecule has 3 rings (SSSR count). The zero-order valence-electron chi connectivity index (χ0n) is 21.6. The molecule has 0 radical (unpaired) electrons. The van der Waals surface area contributed by atoms with Gasteiger partial charge in [0.2, 0.25) is 0 Å². The fourth-order valence-corrected chi connectivity index (χ4v) is 4.58. The van der Waals surface area contributed by atoms with Gasteiger partial charge < -0.3 is 19.1 Å². The van der Waals surface area contributed by atoms with Gasteiger partial charge in [-0.3, -0.25) is 4.79 Å². The number of ether oxygens (including phenoxy) is 2. The van der Waals surface area contributed by atoms with E-state index in [1.165, 1.54) is 0 Å². The Balaban J connectivity index is 1.68. The van der Waals surface area contributed by atoms with Crippen molar-refractivity contribution < 1.29 is 23.9 Å². The van der Waals surface area contributed by atoms with Gasteiger partial charge in [0, 0.05) is 17.4 Å². The summed E-state index contributed by atoms with van der Waals surface area (Å²) in [6.45, 7) is 9.57. The second-order valence-corrected chi connectivity index (χ2v) is 9.02. The van der Waals surface area contributed by atoms with E-state index in [2.05, 4.69) is 32.9 Å². The van der Waals surface area contributed by atoms with Crippen molar-refractivity contribution in [1.82, 2.24) is 5.16 Å². The van der Waals surface area contributed by atoms with Gasteiger partial charge in [0.05, 0.1) is 25.3 Å². The standard InChI is InChI=1S/C29H39NO5/c1-5-10-21-17-20(19-27(31)32)18-22(11-6-2)28(21)34-16-9-15-33-26-14-13-23-25(8-4)30-35-29(23)24(26)12-7-3/h13-14,17-18H,5-12,15-16,19H2,1-4H3,(H,31,32). The van der Waals surface area contributed by atoms with Gasteiger partial charge in [-0.15, -0.1) is 0 Å². The second-order valence-electron chi connectivity index (χ2n) is 9.02. The maximum absolute atomic E-state index is 11.3. The largest absolute Gasteiger partial charge is 0.493 e. The Morgan fingerprint density at radius 2 is 1.60 bits per heavy atom. The van der Waals surface area contributed by atoms with E-state index in [1.54, 1.807) is 0 Å². The molecule has 0 aliphatic carbocycles. The number of carboxylic acid groups (broad SMARTS) is 1. The molecule has 0 amide bonds. The van der Waals surface area contributed by atoms with E-state index < -0.39 is 5.97 Å². The molecule has 1 heterocycles. The van der Waals surface area contributed by atoms with Crippen LogP contribution in [0.25, 0.3) is 11.0 Å². The fourth-order valence-electron chi connectivity index (χ4n) is 4.58. The van der Waals surface area contributed by atoms with Crippen molar-refractivity contribution in [3.63, 3.8) is 0 Å². The molecule has 3 aromatic rings. The van der Waals surface area contributed by atoms with Crippen molar-refractivity contribution >= 4 is 16.9 Å². The Bertz CT molecular complexity index is 1090. The molecule has 0 saturated heterocycles. The average molecular weight is 482 g/mol. The lowest BCUT2D eigenvalue weighted by atomic mass is 9.97. The highest BCUT2D eigenvalue weighted by Crippen LogP contribution is 2.32. The normalized spacial score (nSPS) is 11.2. The molecule has 190 valence electrons. The quantitative estimate of drug-likeness (QED) is 0.243. The molecule has 1 aromatic heterocycles. The number of hydrogen-bond acceptors (Lipinski definition) is 5. The molecule has 0 atom stereocenters. The Hall–Kier alpha value is -3.02. The van der Waals surface area contributed by atoms with Gasteiger partial charge in [0.15, 0.2) is 5.58 Å². The first-order chi connectivity index (χ1) is 17.0. The Labute approximate surface area is 208 Å². The number of carboxylic acids is 1. The molecular formula is C29H39NO5. The first-order valence-corrected chi connectivity index (χ1v) is 13.0. The number of aliphatic carboxylic acids is 1. The van der Waals surface area contributed by atoms with Gasteiger partial charge in [0.25, 0.3) is 0 Å². The monoisotopic (exact) mass is 481 g/mol. The zero-order chi connectivity index (χ0) is 25.2. The first-order valence-electron chi connectivity index (χ1n) is 13.0. The van der Waals surface area contributed by atoms with E-state index in [1.807, 2.05) is 24.3 Å². The average Bonchev–Trinajstić information content (AvgIpc) is 3.25. The number of aryl methyl sites for hydroxylation is 4. The van der Waals surface area contributed by atoms with Crippen LogP contribution < -0.4 is 9.47 Å². The third-order valence-corrected chi connectivity index (χ3v) is 6.10. The summed E-state index contributed by atoms with van der Waals surface area (Å²) in [5.74, 6) is 0.969. The van der Waals surface area contributed by atoms with E-state index in [0.29, 0.717) is 13.2 Å². The highest BCUT2D eigenvalue weighted by molar-refractivity contribution is 5.84. The number of carbonyl (C=O) groups is 1. The molecular weight excluding hydrogens is 442 g/mol. The first kappa shape index (κ1) is 26.6.